The van der Waals surface area contributed by atoms with Crippen LogP contribution >= 0.6 is 11.3 Å². The molecule has 3 rings (SSSR count). The van der Waals surface area contributed by atoms with Crippen LogP contribution in [0, 0.1) is 6.92 Å². The summed E-state index contributed by atoms with van der Waals surface area (Å²) in [6.45, 7) is 3.14. The van der Waals surface area contributed by atoms with Crippen LogP contribution in [0.5, 0.6) is 5.75 Å². The molecular formula is C13H12O2S. The SMILES string of the molecule is Cc1ccsc1-c1cccc2c1COCO2. The molecule has 0 atom stereocenters. The van der Waals surface area contributed by atoms with Crippen LogP contribution in [-0.2, 0) is 11.3 Å². The quantitative estimate of drug-likeness (QED) is 0.748. The molecule has 2 aromatic rings. The zero-order chi connectivity index (χ0) is 11.0. The molecule has 0 bridgehead atoms. The molecule has 0 spiro atoms. The molecule has 0 radical (unpaired) electrons. The van der Waals surface area contributed by atoms with E-state index in [1.54, 1.807) is 11.3 Å². The molecule has 82 valence electrons. The van der Waals surface area contributed by atoms with Crippen molar-refractivity contribution in [3.05, 3.63) is 40.8 Å². The highest BCUT2D eigenvalue weighted by molar-refractivity contribution is 7.13. The van der Waals surface area contributed by atoms with Gasteiger partial charge in [-0.15, -0.1) is 11.3 Å². The summed E-state index contributed by atoms with van der Waals surface area (Å²) in [5, 5.41) is 2.12. The van der Waals surface area contributed by atoms with E-state index in [2.05, 4.69) is 24.4 Å². The van der Waals surface area contributed by atoms with Crippen LogP contribution in [-0.4, -0.2) is 6.79 Å². The Balaban J connectivity index is 2.18. The Bertz CT molecular complexity index is 516. The van der Waals surface area contributed by atoms with Crippen molar-refractivity contribution >= 4 is 11.3 Å². The second kappa shape index (κ2) is 3.92. The van der Waals surface area contributed by atoms with E-state index < -0.39 is 0 Å². The topological polar surface area (TPSA) is 18.5 Å². The van der Waals surface area contributed by atoms with Gasteiger partial charge < -0.3 is 9.47 Å². The zero-order valence-corrected chi connectivity index (χ0v) is 9.84. The van der Waals surface area contributed by atoms with Gasteiger partial charge in [0.05, 0.1) is 6.61 Å². The van der Waals surface area contributed by atoms with Gasteiger partial charge >= 0.3 is 0 Å². The van der Waals surface area contributed by atoms with Gasteiger partial charge in [-0.3, -0.25) is 0 Å². The summed E-state index contributed by atoms with van der Waals surface area (Å²) in [5.74, 6) is 0.955. The van der Waals surface area contributed by atoms with Crippen molar-refractivity contribution in [2.45, 2.75) is 13.5 Å². The van der Waals surface area contributed by atoms with E-state index >= 15 is 0 Å². The van der Waals surface area contributed by atoms with Crippen molar-refractivity contribution in [3.8, 4) is 16.2 Å². The highest BCUT2D eigenvalue weighted by Gasteiger charge is 2.16. The van der Waals surface area contributed by atoms with E-state index in [-0.39, 0.29) is 0 Å². The van der Waals surface area contributed by atoms with Crippen molar-refractivity contribution in [3.63, 3.8) is 0 Å². The molecule has 0 N–H and O–H groups in total. The van der Waals surface area contributed by atoms with Crippen LogP contribution in [0.4, 0.5) is 0 Å². The molecule has 0 unspecified atom stereocenters. The largest absolute Gasteiger partial charge is 0.467 e. The predicted octanol–water partition coefficient (Wildman–Crippen LogP) is 3.59. The Morgan fingerprint density at radius 3 is 3.00 bits per heavy atom. The number of benzene rings is 1. The molecule has 0 saturated carbocycles. The first-order chi connectivity index (χ1) is 7.86. The van der Waals surface area contributed by atoms with Crippen molar-refractivity contribution in [1.82, 2.24) is 0 Å². The van der Waals surface area contributed by atoms with Gasteiger partial charge in [-0.25, -0.2) is 0 Å². The summed E-state index contributed by atoms with van der Waals surface area (Å²) >= 11 is 1.76. The minimum Gasteiger partial charge on any atom is -0.467 e. The molecule has 16 heavy (non-hydrogen) atoms. The van der Waals surface area contributed by atoms with Crippen LogP contribution in [0.25, 0.3) is 10.4 Å². The first-order valence-electron chi connectivity index (χ1n) is 5.23. The average molecular weight is 232 g/mol. The highest BCUT2D eigenvalue weighted by Crippen LogP contribution is 2.37. The average Bonchev–Trinajstić information content (AvgIpc) is 2.75. The van der Waals surface area contributed by atoms with E-state index in [4.69, 9.17) is 9.47 Å². The maximum atomic E-state index is 5.48. The summed E-state index contributed by atoms with van der Waals surface area (Å²) in [5.41, 5.74) is 3.72. The first-order valence-corrected chi connectivity index (χ1v) is 6.11. The van der Waals surface area contributed by atoms with E-state index in [1.165, 1.54) is 21.6 Å². The van der Waals surface area contributed by atoms with Gasteiger partial charge in [0.25, 0.3) is 0 Å². The highest BCUT2D eigenvalue weighted by atomic mass is 32.1. The Morgan fingerprint density at radius 2 is 2.19 bits per heavy atom. The molecule has 1 aliphatic rings. The fraction of sp³-hybridized carbons (Fsp3) is 0.231. The smallest absolute Gasteiger partial charge is 0.189 e. The van der Waals surface area contributed by atoms with Crippen LogP contribution in [0.2, 0.25) is 0 Å². The normalized spacial score (nSPS) is 14.3. The van der Waals surface area contributed by atoms with Crippen molar-refractivity contribution in [2.24, 2.45) is 0 Å². The first kappa shape index (κ1) is 9.87. The van der Waals surface area contributed by atoms with E-state index in [0.717, 1.165) is 5.75 Å². The Hall–Kier alpha value is -1.32. The zero-order valence-electron chi connectivity index (χ0n) is 9.03. The molecule has 1 aromatic carbocycles. The maximum Gasteiger partial charge on any atom is 0.189 e. The monoisotopic (exact) mass is 232 g/mol. The molecule has 2 nitrogen and oxygen atoms in total. The number of hydrogen-bond acceptors (Lipinski definition) is 3. The van der Waals surface area contributed by atoms with Crippen LogP contribution < -0.4 is 4.74 Å². The number of fused-ring (bicyclic) bond motifs is 1. The van der Waals surface area contributed by atoms with Crippen LogP contribution in [0.1, 0.15) is 11.1 Å². The van der Waals surface area contributed by atoms with Gasteiger partial charge in [0.15, 0.2) is 6.79 Å². The summed E-state index contributed by atoms with van der Waals surface area (Å²) in [6.07, 6.45) is 0. The minimum atomic E-state index is 0.361. The third-order valence-corrected chi connectivity index (χ3v) is 3.83. The fourth-order valence-electron chi connectivity index (χ4n) is 1.96. The molecule has 3 heteroatoms. The van der Waals surface area contributed by atoms with E-state index in [9.17, 15) is 0 Å². The van der Waals surface area contributed by atoms with Crippen molar-refractivity contribution in [2.75, 3.05) is 6.79 Å². The Morgan fingerprint density at radius 1 is 1.25 bits per heavy atom. The summed E-state index contributed by atoms with van der Waals surface area (Å²) in [4.78, 5) is 1.31. The Kier molecular flexibility index (Phi) is 2.42. The lowest BCUT2D eigenvalue weighted by Gasteiger charge is -2.20. The summed E-state index contributed by atoms with van der Waals surface area (Å²) in [7, 11) is 0. The second-order valence-electron chi connectivity index (χ2n) is 3.83. The van der Waals surface area contributed by atoms with E-state index in [1.807, 2.05) is 12.1 Å². The summed E-state index contributed by atoms with van der Waals surface area (Å²) in [6, 6.07) is 8.32. The molecular weight excluding hydrogens is 220 g/mol. The lowest BCUT2D eigenvalue weighted by molar-refractivity contribution is -0.0160. The molecule has 2 heterocycles. The van der Waals surface area contributed by atoms with Gasteiger partial charge in [0, 0.05) is 16.0 Å². The lowest BCUT2D eigenvalue weighted by atomic mass is 10.0. The summed E-state index contributed by atoms with van der Waals surface area (Å²) < 4.78 is 10.8. The van der Waals surface area contributed by atoms with Gasteiger partial charge in [-0.1, -0.05) is 12.1 Å². The number of hydrogen-bond donors (Lipinski definition) is 0. The van der Waals surface area contributed by atoms with Gasteiger partial charge in [0.1, 0.15) is 5.75 Å². The van der Waals surface area contributed by atoms with Gasteiger partial charge in [-0.05, 0) is 30.0 Å². The second-order valence-corrected chi connectivity index (χ2v) is 4.74. The number of ether oxygens (including phenoxy) is 2. The van der Waals surface area contributed by atoms with Gasteiger partial charge in [0.2, 0.25) is 0 Å². The molecule has 0 aliphatic carbocycles. The van der Waals surface area contributed by atoms with Crippen molar-refractivity contribution in [1.29, 1.82) is 0 Å². The maximum absolute atomic E-state index is 5.48. The molecule has 0 fully saturated rings. The number of thiophene rings is 1. The standard InChI is InChI=1S/C13H12O2S/c1-9-5-6-16-13(9)10-3-2-4-12-11(10)7-14-8-15-12/h2-6H,7-8H2,1H3. The third kappa shape index (κ3) is 1.52. The molecule has 1 aliphatic heterocycles. The number of rotatable bonds is 1. The van der Waals surface area contributed by atoms with Crippen molar-refractivity contribution < 1.29 is 9.47 Å². The number of aryl methyl sites for hydroxylation is 1. The van der Waals surface area contributed by atoms with Crippen LogP contribution in [0.15, 0.2) is 29.6 Å². The van der Waals surface area contributed by atoms with E-state index in [0.29, 0.717) is 13.4 Å². The molecule has 0 saturated heterocycles. The fourth-order valence-corrected chi connectivity index (χ4v) is 2.94. The minimum absolute atomic E-state index is 0.361. The van der Waals surface area contributed by atoms with Gasteiger partial charge in [-0.2, -0.15) is 0 Å². The van der Waals surface area contributed by atoms with Crippen LogP contribution in [0.3, 0.4) is 0 Å². The molecule has 1 aromatic heterocycles. The lowest BCUT2D eigenvalue weighted by Crippen LogP contribution is -2.11. The Labute approximate surface area is 98.4 Å². The third-order valence-electron chi connectivity index (χ3n) is 2.78. The predicted molar refractivity (Wildman–Crippen MR) is 64.8 cm³/mol. The molecule has 0 amide bonds.